The Morgan fingerprint density at radius 1 is 1.70 bits per heavy atom. The van der Waals surface area contributed by atoms with E-state index < -0.39 is 0 Å². The quantitative estimate of drug-likeness (QED) is 0.572. The van der Waals surface area contributed by atoms with Gasteiger partial charge in [-0.3, -0.25) is 0 Å². The normalized spacial score (nSPS) is 8.80. The maximum Gasteiger partial charge on any atom is 0.166 e. The minimum absolute atomic E-state index is 0.435. The van der Waals surface area contributed by atoms with Crippen LogP contribution in [0.2, 0.25) is 0 Å². The lowest BCUT2D eigenvalue weighted by Crippen LogP contribution is -1.92. The molecule has 0 aliphatic heterocycles. The van der Waals surface area contributed by atoms with E-state index in [0.717, 1.165) is 12.0 Å². The molecule has 0 aromatic carbocycles. The average Bonchev–Trinajstić information content (AvgIpc) is 2.04. The van der Waals surface area contributed by atoms with Crippen molar-refractivity contribution in [3.63, 3.8) is 0 Å². The topological polar surface area (TPSA) is 49.6 Å². The molecule has 0 aliphatic rings. The van der Waals surface area contributed by atoms with E-state index >= 15 is 0 Å². The summed E-state index contributed by atoms with van der Waals surface area (Å²) >= 11 is 0. The molecule has 3 nitrogen and oxygen atoms in total. The first-order chi connectivity index (χ1) is 4.88. The van der Waals surface area contributed by atoms with Crippen molar-refractivity contribution in [3.8, 4) is 6.07 Å². The molecule has 0 unspecified atom stereocenters. The van der Waals surface area contributed by atoms with Crippen LogP contribution in [0.15, 0.2) is 12.3 Å². The molecule has 0 aliphatic carbocycles. The molecule has 0 saturated heterocycles. The van der Waals surface area contributed by atoms with Crippen LogP contribution in [-0.4, -0.2) is 10.2 Å². The molecule has 1 aromatic rings. The second-order valence-corrected chi connectivity index (χ2v) is 1.87. The van der Waals surface area contributed by atoms with Crippen LogP contribution >= 0.6 is 0 Å². The van der Waals surface area contributed by atoms with Gasteiger partial charge in [0.15, 0.2) is 5.69 Å². The fraction of sp³-hybridized carbons (Fsp3) is 0.286. The summed E-state index contributed by atoms with van der Waals surface area (Å²) in [4.78, 5) is 0. The molecular weight excluding hydrogens is 126 g/mol. The molecule has 0 amide bonds. The highest BCUT2D eigenvalue weighted by molar-refractivity contribution is 5.28. The lowest BCUT2D eigenvalue weighted by Gasteiger charge is -1.93. The van der Waals surface area contributed by atoms with Gasteiger partial charge in [0.1, 0.15) is 6.07 Å². The molecule has 1 rings (SSSR count). The van der Waals surface area contributed by atoms with Gasteiger partial charge in [0, 0.05) is 6.20 Å². The van der Waals surface area contributed by atoms with Gasteiger partial charge in [-0.2, -0.15) is 10.4 Å². The number of aromatic nitrogens is 2. The summed E-state index contributed by atoms with van der Waals surface area (Å²) in [5.41, 5.74) is 1.39. The van der Waals surface area contributed by atoms with Crippen molar-refractivity contribution in [2.75, 3.05) is 0 Å². The van der Waals surface area contributed by atoms with Crippen LogP contribution in [0, 0.1) is 11.3 Å². The zero-order valence-corrected chi connectivity index (χ0v) is 5.70. The summed E-state index contributed by atoms with van der Waals surface area (Å²) in [6.07, 6.45) is 2.43. The highest BCUT2D eigenvalue weighted by atomic mass is 15.1. The Bertz CT molecular complexity index is 262. The smallest absolute Gasteiger partial charge is 0.166 e. The highest BCUT2D eigenvalue weighted by Crippen LogP contribution is 2.01. The Labute approximate surface area is 59.3 Å². The third-order valence-electron chi connectivity index (χ3n) is 1.29. The predicted octanol–water partition coefficient (Wildman–Crippen LogP) is 0.911. The van der Waals surface area contributed by atoms with Crippen LogP contribution in [-0.2, 0) is 6.42 Å². The maximum absolute atomic E-state index is 8.50. The molecule has 10 heavy (non-hydrogen) atoms. The van der Waals surface area contributed by atoms with E-state index in [9.17, 15) is 0 Å². The van der Waals surface area contributed by atoms with Gasteiger partial charge in [0.2, 0.25) is 0 Å². The van der Waals surface area contributed by atoms with Gasteiger partial charge in [0.05, 0.1) is 0 Å². The van der Waals surface area contributed by atoms with E-state index in [-0.39, 0.29) is 0 Å². The Kier molecular flexibility index (Phi) is 1.96. The summed E-state index contributed by atoms with van der Waals surface area (Å²) in [6.45, 7) is 1.98. The molecule has 0 radical (unpaired) electrons. The number of hydrogen-bond donors (Lipinski definition) is 0. The van der Waals surface area contributed by atoms with Gasteiger partial charge in [-0.05, 0) is 18.1 Å². The second kappa shape index (κ2) is 2.92. The molecular formula is C7H7N3. The van der Waals surface area contributed by atoms with E-state index in [0.29, 0.717) is 5.69 Å². The van der Waals surface area contributed by atoms with Crippen molar-refractivity contribution in [1.82, 2.24) is 10.2 Å². The Morgan fingerprint density at radius 2 is 2.50 bits per heavy atom. The van der Waals surface area contributed by atoms with Gasteiger partial charge in [0.25, 0.3) is 0 Å². The fourth-order valence-corrected chi connectivity index (χ4v) is 0.737. The van der Waals surface area contributed by atoms with Crippen molar-refractivity contribution < 1.29 is 0 Å². The third-order valence-corrected chi connectivity index (χ3v) is 1.29. The van der Waals surface area contributed by atoms with E-state index in [2.05, 4.69) is 10.2 Å². The summed E-state index contributed by atoms with van der Waals surface area (Å²) in [5, 5.41) is 15.7. The SMILES string of the molecule is CCc1ccnnc1C#N. The van der Waals surface area contributed by atoms with Gasteiger partial charge in [-0.15, -0.1) is 5.10 Å². The summed E-state index contributed by atoms with van der Waals surface area (Å²) in [6, 6.07) is 3.78. The molecule has 3 heteroatoms. The highest BCUT2D eigenvalue weighted by Gasteiger charge is 1.97. The lowest BCUT2D eigenvalue weighted by atomic mass is 10.2. The second-order valence-electron chi connectivity index (χ2n) is 1.87. The number of nitrogens with zero attached hydrogens (tertiary/aromatic N) is 3. The standard InChI is InChI=1S/C7H7N3/c1-2-6-3-4-9-10-7(6)5-8/h3-4H,2H2,1H3. The van der Waals surface area contributed by atoms with Crippen LogP contribution < -0.4 is 0 Å². The third kappa shape index (κ3) is 1.11. The van der Waals surface area contributed by atoms with Gasteiger partial charge >= 0.3 is 0 Å². The predicted molar refractivity (Wildman–Crippen MR) is 36.1 cm³/mol. The number of aryl methyl sites for hydroxylation is 1. The first-order valence-electron chi connectivity index (χ1n) is 3.09. The van der Waals surface area contributed by atoms with Gasteiger partial charge < -0.3 is 0 Å². The largest absolute Gasteiger partial charge is 0.191 e. The molecule has 1 heterocycles. The first kappa shape index (κ1) is 6.69. The molecule has 0 saturated carbocycles. The van der Waals surface area contributed by atoms with Crippen LogP contribution in [0.5, 0.6) is 0 Å². The van der Waals surface area contributed by atoms with Gasteiger partial charge in [-0.1, -0.05) is 6.92 Å². The lowest BCUT2D eigenvalue weighted by molar-refractivity contribution is 0.961. The first-order valence-corrected chi connectivity index (χ1v) is 3.09. The molecule has 0 N–H and O–H groups in total. The zero-order valence-electron chi connectivity index (χ0n) is 5.70. The fourth-order valence-electron chi connectivity index (χ4n) is 0.737. The Morgan fingerprint density at radius 3 is 3.00 bits per heavy atom. The van der Waals surface area contributed by atoms with Crippen molar-refractivity contribution in [2.24, 2.45) is 0 Å². The van der Waals surface area contributed by atoms with Crippen LogP contribution in [0.1, 0.15) is 18.2 Å². The number of nitriles is 1. The van der Waals surface area contributed by atoms with Crippen molar-refractivity contribution in [1.29, 1.82) is 5.26 Å². The molecule has 50 valence electrons. The summed E-state index contributed by atoms with van der Waals surface area (Å²) in [7, 11) is 0. The molecule has 1 aromatic heterocycles. The maximum atomic E-state index is 8.50. The number of hydrogen-bond acceptors (Lipinski definition) is 3. The minimum Gasteiger partial charge on any atom is -0.191 e. The molecule has 0 bridgehead atoms. The van der Waals surface area contributed by atoms with E-state index in [1.54, 1.807) is 6.20 Å². The number of rotatable bonds is 1. The van der Waals surface area contributed by atoms with E-state index in [1.165, 1.54) is 0 Å². The van der Waals surface area contributed by atoms with Crippen LogP contribution in [0.3, 0.4) is 0 Å². The van der Waals surface area contributed by atoms with Crippen molar-refractivity contribution in [2.45, 2.75) is 13.3 Å². The van der Waals surface area contributed by atoms with Crippen molar-refractivity contribution in [3.05, 3.63) is 23.5 Å². The Balaban J connectivity index is 3.12. The van der Waals surface area contributed by atoms with Gasteiger partial charge in [-0.25, -0.2) is 0 Å². The molecule has 0 spiro atoms. The molecule has 0 fully saturated rings. The average molecular weight is 133 g/mol. The summed E-state index contributed by atoms with van der Waals surface area (Å²) in [5.74, 6) is 0. The molecule has 0 atom stereocenters. The Hall–Kier alpha value is -1.43. The summed E-state index contributed by atoms with van der Waals surface area (Å²) < 4.78 is 0. The van der Waals surface area contributed by atoms with E-state index in [4.69, 9.17) is 5.26 Å². The monoisotopic (exact) mass is 133 g/mol. The minimum atomic E-state index is 0.435. The van der Waals surface area contributed by atoms with Crippen LogP contribution in [0.4, 0.5) is 0 Å². The van der Waals surface area contributed by atoms with Crippen molar-refractivity contribution >= 4 is 0 Å². The van der Waals surface area contributed by atoms with Crippen LogP contribution in [0.25, 0.3) is 0 Å². The zero-order chi connectivity index (χ0) is 7.40. The van der Waals surface area contributed by atoms with E-state index in [1.807, 2.05) is 19.1 Å².